The first kappa shape index (κ1) is 11.6. The molecule has 3 heteroatoms. The SMILES string of the molecule is OCC(c1ccccc1)N1CCCNCC1. The highest BCUT2D eigenvalue weighted by molar-refractivity contribution is 5.19. The van der Waals surface area contributed by atoms with Crippen molar-refractivity contribution < 1.29 is 5.11 Å². The molecule has 1 atom stereocenters. The Kier molecular flexibility index (Phi) is 4.34. The van der Waals surface area contributed by atoms with E-state index in [2.05, 4.69) is 22.3 Å². The summed E-state index contributed by atoms with van der Waals surface area (Å²) in [6.45, 7) is 4.38. The lowest BCUT2D eigenvalue weighted by atomic mass is 10.1. The Bertz CT molecular complexity index is 294. The van der Waals surface area contributed by atoms with Crippen molar-refractivity contribution in [2.75, 3.05) is 32.8 Å². The zero-order valence-electron chi connectivity index (χ0n) is 9.60. The van der Waals surface area contributed by atoms with Gasteiger partial charge in [-0.05, 0) is 18.5 Å². The number of aliphatic hydroxyl groups is 1. The molecule has 0 radical (unpaired) electrons. The molecule has 1 aliphatic heterocycles. The van der Waals surface area contributed by atoms with E-state index in [1.54, 1.807) is 0 Å². The van der Waals surface area contributed by atoms with Gasteiger partial charge in [0.15, 0.2) is 0 Å². The maximum Gasteiger partial charge on any atom is 0.0628 e. The van der Waals surface area contributed by atoms with Crippen LogP contribution in [0.5, 0.6) is 0 Å². The minimum absolute atomic E-state index is 0.154. The maximum absolute atomic E-state index is 9.56. The Morgan fingerprint density at radius 3 is 2.75 bits per heavy atom. The summed E-state index contributed by atoms with van der Waals surface area (Å²) in [5, 5.41) is 12.9. The lowest BCUT2D eigenvalue weighted by Gasteiger charge is -2.29. The molecule has 88 valence electrons. The Morgan fingerprint density at radius 1 is 1.19 bits per heavy atom. The van der Waals surface area contributed by atoms with E-state index in [1.807, 2.05) is 18.2 Å². The molecule has 2 N–H and O–H groups in total. The molecule has 1 unspecified atom stereocenters. The molecule has 0 amide bonds. The molecule has 2 rings (SSSR count). The van der Waals surface area contributed by atoms with Gasteiger partial charge < -0.3 is 10.4 Å². The van der Waals surface area contributed by atoms with Crippen LogP contribution in [0.1, 0.15) is 18.0 Å². The highest BCUT2D eigenvalue weighted by atomic mass is 16.3. The van der Waals surface area contributed by atoms with Gasteiger partial charge in [-0.15, -0.1) is 0 Å². The Morgan fingerprint density at radius 2 is 2.00 bits per heavy atom. The van der Waals surface area contributed by atoms with E-state index in [9.17, 15) is 5.11 Å². The molecule has 0 bridgehead atoms. The minimum atomic E-state index is 0.154. The van der Waals surface area contributed by atoms with Crippen molar-refractivity contribution in [3.8, 4) is 0 Å². The fourth-order valence-corrected chi connectivity index (χ4v) is 2.29. The Hall–Kier alpha value is -0.900. The fraction of sp³-hybridized carbons (Fsp3) is 0.538. The zero-order valence-corrected chi connectivity index (χ0v) is 9.60. The number of nitrogens with one attached hydrogen (secondary N) is 1. The van der Waals surface area contributed by atoms with E-state index >= 15 is 0 Å². The summed E-state index contributed by atoms with van der Waals surface area (Å²) in [5.41, 5.74) is 1.21. The number of hydrogen-bond acceptors (Lipinski definition) is 3. The standard InChI is InChI=1S/C13H20N2O/c16-11-13(12-5-2-1-3-6-12)15-9-4-7-14-8-10-15/h1-3,5-6,13-14,16H,4,7-11H2. The van der Waals surface area contributed by atoms with E-state index < -0.39 is 0 Å². The van der Waals surface area contributed by atoms with E-state index in [-0.39, 0.29) is 12.6 Å². The number of aliphatic hydroxyl groups excluding tert-OH is 1. The molecule has 16 heavy (non-hydrogen) atoms. The fourth-order valence-electron chi connectivity index (χ4n) is 2.29. The average Bonchev–Trinajstić information content (AvgIpc) is 2.61. The normalized spacial score (nSPS) is 20.3. The topological polar surface area (TPSA) is 35.5 Å². The first-order chi connectivity index (χ1) is 7.92. The Balaban J connectivity index is 2.09. The second-order valence-electron chi connectivity index (χ2n) is 4.25. The number of hydrogen-bond donors (Lipinski definition) is 2. The average molecular weight is 220 g/mol. The van der Waals surface area contributed by atoms with Gasteiger partial charge in [-0.1, -0.05) is 30.3 Å². The summed E-state index contributed by atoms with van der Waals surface area (Å²) in [6.07, 6.45) is 1.16. The maximum atomic E-state index is 9.56. The van der Waals surface area contributed by atoms with Gasteiger partial charge in [0.05, 0.1) is 12.6 Å². The van der Waals surface area contributed by atoms with Gasteiger partial charge in [0.25, 0.3) is 0 Å². The smallest absolute Gasteiger partial charge is 0.0628 e. The molecule has 1 aromatic rings. The van der Waals surface area contributed by atoms with Crippen LogP contribution < -0.4 is 5.32 Å². The van der Waals surface area contributed by atoms with E-state index in [0.29, 0.717) is 0 Å². The van der Waals surface area contributed by atoms with Gasteiger partial charge in [0.2, 0.25) is 0 Å². The second-order valence-corrected chi connectivity index (χ2v) is 4.25. The van der Waals surface area contributed by atoms with Crippen molar-refractivity contribution >= 4 is 0 Å². The highest BCUT2D eigenvalue weighted by Gasteiger charge is 2.19. The van der Waals surface area contributed by atoms with Crippen LogP contribution in [0.15, 0.2) is 30.3 Å². The van der Waals surface area contributed by atoms with E-state index in [0.717, 1.165) is 32.6 Å². The molecule has 0 spiro atoms. The van der Waals surface area contributed by atoms with Crippen molar-refractivity contribution in [2.24, 2.45) is 0 Å². The molecule has 1 saturated heterocycles. The second kappa shape index (κ2) is 5.99. The Labute approximate surface area is 97.1 Å². The summed E-state index contributed by atoms with van der Waals surface area (Å²) in [6, 6.07) is 10.4. The van der Waals surface area contributed by atoms with Crippen molar-refractivity contribution in [3.05, 3.63) is 35.9 Å². The summed E-state index contributed by atoms with van der Waals surface area (Å²) in [5.74, 6) is 0. The number of nitrogens with zero attached hydrogens (tertiary/aromatic N) is 1. The summed E-state index contributed by atoms with van der Waals surface area (Å²) >= 11 is 0. The molecule has 0 aliphatic carbocycles. The zero-order chi connectivity index (χ0) is 11.2. The minimum Gasteiger partial charge on any atom is -0.394 e. The van der Waals surface area contributed by atoms with Gasteiger partial charge in [0, 0.05) is 19.6 Å². The predicted octanol–water partition coefficient (Wildman–Crippen LogP) is 1.02. The third-order valence-electron chi connectivity index (χ3n) is 3.17. The number of benzene rings is 1. The molecule has 1 aliphatic rings. The van der Waals surface area contributed by atoms with Crippen LogP contribution >= 0.6 is 0 Å². The molecule has 0 aromatic heterocycles. The lowest BCUT2D eigenvalue weighted by Crippen LogP contribution is -2.34. The van der Waals surface area contributed by atoms with Crippen molar-refractivity contribution in [3.63, 3.8) is 0 Å². The molecule has 1 aromatic carbocycles. The first-order valence-corrected chi connectivity index (χ1v) is 6.02. The van der Waals surface area contributed by atoms with Gasteiger partial charge >= 0.3 is 0 Å². The van der Waals surface area contributed by atoms with Crippen LogP contribution in [-0.4, -0.2) is 42.8 Å². The first-order valence-electron chi connectivity index (χ1n) is 6.02. The van der Waals surface area contributed by atoms with Gasteiger partial charge in [0.1, 0.15) is 0 Å². The predicted molar refractivity (Wildman–Crippen MR) is 65.3 cm³/mol. The van der Waals surface area contributed by atoms with Crippen LogP contribution in [0.2, 0.25) is 0 Å². The number of rotatable bonds is 3. The quantitative estimate of drug-likeness (QED) is 0.798. The summed E-state index contributed by atoms with van der Waals surface area (Å²) < 4.78 is 0. The van der Waals surface area contributed by atoms with Gasteiger partial charge in [-0.3, -0.25) is 4.90 Å². The molecular formula is C13H20N2O. The van der Waals surface area contributed by atoms with Crippen LogP contribution in [0, 0.1) is 0 Å². The summed E-state index contributed by atoms with van der Waals surface area (Å²) in [4.78, 5) is 2.37. The van der Waals surface area contributed by atoms with E-state index in [4.69, 9.17) is 0 Å². The van der Waals surface area contributed by atoms with Crippen molar-refractivity contribution in [2.45, 2.75) is 12.5 Å². The van der Waals surface area contributed by atoms with Crippen LogP contribution in [0.4, 0.5) is 0 Å². The van der Waals surface area contributed by atoms with Crippen LogP contribution in [0.25, 0.3) is 0 Å². The molecule has 0 saturated carbocycles. The molecular weight excluding hydrogens is 200 g/mol. The largest absolute Gasteiger partial charge is 0.394 e. The van der Waals surface area contributed by atoms with Crippen LogP contribution in [-0.2, 0) is 0 Å². The molecule has 3 nitrogen and oxygen atoms in total. The molecule has 1 heterocycles. The van der Waals surface area contributed by atoms with Gasteiger partial charge in [-0.2, -0.15) is 0 Å². The van der Waals surface area contributed by atoms with Crippen LogP contribution in [0.3, 0.4) is 0 Å². The van der Waals surface area contributed by atoms with Gasteiger partial charge in [-0.25, -0.2) is 0 Å². The monoisotopic (exact) mass is 220 g/mol. The van der Waals surface area contributed by atoms with E-state index in [1.165, 1.54) is 5.56 Å². The van der Waals surface area contributed by atoms with Crippen molar-refractivity contribution in [1.29, 1.82) is 0 Å². The summed E-state index contributed by atoms with van der Waals surface area (Å²) in [7, 11) is 0. The highest BCUT2D eigenvalue weighted by Crippen LogP contribution is 2.20. The third kappa shape index (κ3) is 2.82. The lowest BCUT2D eigenvalue weighted by molar-refractivity contribution is 0.130. The third-order valence-corrected chi connectivity index (χ3v) is 3.17. The molecule has 1 fully saturated rings. The van der Waals surface area contributed by atoms with Crippen molar-refractivity contribution in [1.82, 2.24) is 10.2 Å².